The van der Waals surface area contributed by atoms with Crippen molar-refractivity contribution in [3.63, 3.8) is 0 Å². The number of fused-ring (bicyclic) bond motifs is 1. The number of benzene rings is 2. The first kappa shape index (κ1) is 23.7. The number of methoxy groups -OCH3 is 1. The monoisotopic (exact) mass is 490 g/mol. The van der Waals surface area contributed by atoms with E-state index in [1.165, 1.54) is 18.4 Å². The van der Waals surface area contributed by atoms with Crippen molar-refractivity contribution < 1.29 is 19.1 Å². The summed E-state index contributed by atoms with van der Waals surface area (Å²) in [5.41, 5.74) is 3.36. The van der Waals surface area contributed by atoms with Gasteiger partial charge in [0.15, 0.2) is 0 Å². The Balaban J connectivity index is 1.26. The molecule has 2 aromatic carbocycles. The summed E-state index contributed by atoms with van der Waals surface area (Å²) < 4.78 is 10.9. The van der Waals surface area contributed by atoms with Crippen molar-refractivity contribution in [1.82, 2.24) is 10.2 Å². The zero-order valence-corrected chi connectivity index (χ0v) is 20.6. The van der Waals surface area contributed by atoms with Crippen LogP contribution in [-0.4, -0.2) is 47.6 Å². The van der Waals surface area contributed by atoms with Gasteiger partial charge in [-0.05, 0) is 54.0 Å². The average Bonchev–Trinajstić information content (AvgIpc) is 3.73. The summed E-state index contributed by atoms with van der Waals surface area (Å²) in [4.78, 5) is 28.0. The van der Waals surface area contributed by atoms with Crippen LogP contribution in [-0.2, 0) is 27.4 Å². The first-order valence-corrected chi connectivity index (χ1v) is 13.1. The average molecular weight is 491 g/mol. The van der Waals surface area contributed by atoms with E-state index in [1.54, 1.807) is 23.8 Å². The number of hydrogen-bond donors (Lipinski definition) is 1. The van der Waals surface area contributed by atoms with Crippen LogP contribution < -0.4 is 10.1 Å². The fourth-order valence-electron chi connectivity index (χ4n) is 4.31. The third-order valence-corrected chi connectivity index (χ3v) is 7.83. The van der Waals surface area contributed by atoms with Crippen LogP contribution in [0.2, 0.25) is 0 Å². The molecule has 2 aromatic rings. The molecule has 1 saturated carbocycles. The Labute approximate surface area is 210 Å². The maximum atomic E-state index is 13.2. The smallest absolute Gasteiger partial charge is 0.355 e. The zero-order valence-electron chi connectivity index (χ0n) is 19.8. The number of esters is 1. The molecule has 2 unspecified atom stereocenters. The standard InChI is InChI=1S/C28H30N2O4S/c1-33-23-13-10-21(11-14-23)17-34-28(32)25-22(12-9-20-7-8-20)18-35-27-24(26(31)30(25)27)29-16-15-19-5-3-2-4-6-19/h2-6,9-14,20,24,27,29H,7-8,15-18H2,1H3/b12-9+. The van der Waals surface area contributed by atoms with Gasteiger partial charge in [0, 0.05) is 12.3 Å². The zero-order chi connectivity index (χ0) is 24.2. The minimum absolute atomic E-state index is 0.0658. The van der Waals surface area contributed by atoms with Gasteiger partial charge in [0.25, 0.3) is 0 Å². The molecule has 1 amide bonds. The molecule has 0 spiro atoms. The molecule has 1 N–H and O–H groups in total. The van der Waals surface area contributed by atoms with Gasteiger partial charge in [0.2, 0.25) is 5.91 Å². The molecule has 0 bridgehead atoms. The quantitative estimate of drug-likeness (QED) is 0.400. The van der Waals surface area contributed by atoms with Crippen LogP contribution in [0.3, 0.4) is 0 Å². The maximum Gasteiger partial charge on any atom is 0.355 e. The first-order valence-electron chi connectivity index (χ1n) is 12.1. The summed E-state index contributed by atoms with van der Waals surface area (Å²) in [5.74, 6) is 1.50. The fraction of sp³-hybridized carbons (Fsp3) is 0.357. The van der Waals surface area contributed by atoms with E-state index < -0.39 is 5.97 Å². The highest BCUT2D eigenvalue weighted by Crippen LogP contribution is 2.41. The van der Waals surface area contributed by atoms with E-state index in [-0.39, 0.29) is 23.9 Å². The Morgan fingerprint density at radius 3 is 2.60 bits per heavy atom. The summed E-state index contributed by atoms with van der Waals surface area (Å²) in [7, 11) is 1.61. The number of nitrogens with zero attached hydrogens (tertiary/aromatic N) is 1. The van der Waals surface area contributed by atoms with E-state index in [0.717, 1.165) is 23.3 Å². The summed E-state index contributed by atoms with van der Waals surface area (Å²) >= 11 is 1.70. The number of allylic oxidation sites excluding steroid dienone is 2. The van der Waals surface area contributed by atoms with Gasteiger partial charge in [-0.25, -0.2) is 4.79 Å². The van der Waals surface area contributed by atoms with E-state index in [9.17, 15) is 9.59 Å². The summed E-state index contributed by atoms with van der Waals surface area (Å²) in [6.45, 7) is 0.852. The third kappa shape index (κ3) is 5.46. The second-order valence-electron chi connectivity index (χ2n) is 9.07. The number of amides is 1. The van der Waals surface area contributed by atoms with Gasteiger partial charge in [0.1, 0.15) is 29.5 Å². The lowest BCUT2D eigenvalue weighted by Crippen LogP contribution is -2.70. The molecular weight excluding hydrogens is 460 g/mol. The predicted molar refractivity (Wildman–Crippen MR) is 137 cm³/mol. The van der Waals surface area contributed by atoms with Crippen molar-refractivity contribution in [2.45, 2.75) is 37.3 Å². The number of thioether (sulfide) groups is 1. The Kier molecular flexibility index (Phi) is 7.25. The van der Waals surface area contributed by atoms with Crippen molar-refractivity contribution in [3.8, 4) is 5.75 Å². The number of ether oxygens (including phenoxy) is 2. The summed E-state index contributed by atoms with van der Waals surface area (Å²) in [6.07, 6.45) is 7.41. The summed E-state index contributed by atoms with van der Waals surface area (Å²) in [6, 6.07) is 17.3. The molecule has 0 aromatic heterocycles. The molecule has 1 aliphatic carbocycles. The molecular formula is C28H30N2O4S. The molecule has 182 valence electrons. The lowest BCUT2D eigenvalue weighted by Gasteiger charge is -2.49. The topological polar surface area (TPSA) is 67.9 Å². The molecule has 2 aliphatic heterocycles. The van der Waals surface area contributed by atoms with Crippen molar-refractivity contribution in [3.05, 3.63) is 89.1 Å². The highest BCUT2D eigenvalue weighted by Gasteiger charge is 2.53. The lowest BCUT2D eigenvalue weighted by molar-refractivity contribution is -0.152. The van der Waals surface area contributed by atoms with Crippen LogP contribution in [0.15, 0.2) is 78.0 Å². The minimum atomic E-state index is -0.447. The minimum Gasteiger partial charge on any atom is -0.497 e. The number of β-lactam (4-membered cyclic amide) rings is 1. The Hall–Kier alpha value is -3.03. The Bertz CT molecular complexity index is 1130. The van der Waals surface area contributed by atoms with Crippen LogP contribution in [0.4, 0.5) is 0 Å². The number of carbonyl (C=O) groups is 2. The molecule has 6 nitrogen and oxygen atoms in total. The number of nitrogens with one attached hydrogen (secondary N) is 1. The normalized spacial score (nSPS) is 21.6. The Morgan fingerprint density at radius 2 is 1.89 bits per heavy atom. The SMILES string of the molecule is COc1ccc(COC(=O)C2=C(/C=C/C3CC3)CSC3C(NCCc4ccccc4)C(=O)N23)cc1. The van der Waals surface area contributed by atoms with E-state index in [1.807, 2.05) is 48.5 Å². The van der Waals surface area contributed by atoms with Gasteiger partial charge in [-0.2, -0.15) is 0 Å². The predicted octanol–water partition coefficient (Wildman–Crippen LogP) is 4.07. The molecule has 2 fully saturated rings. The second kappa shape index (κ2) is 10.7. The number of hydrogen-bond acceptors (Lipinski definition) is 6. The van der Waals surface area contributed by atoms with Gasteiger partial charge in [-0.1, -0.05) is 54.6 Å². The molecule has 5 rings (SSSR count). The van der Waals surface area contributed by atoms with Gasteiger partial charge in [-0.3, -0.25) is 9.69 Å². The molecule has 2 atom stereocenters. The van der Waals surface area contributed by atoms with Gasteiger partial charge < -0.3 is 14.8 Å². The maximum absolute atomic E-state index is 13.2. The van der Waals surface area contributed by atoms with Crippen LogP contribution in [0.25, 0.3) is 0 Å². The van der Waals surface area contributed by atoms with Crippen molar-refractivity contribution >= 4 is 23.6 Å². The molecule has 3 aliphatic rings. The van der Waals surface area contributed by atoms with Gasteiger partial charge >= 0.3 is 5.97 Å². The van der Waals surface area contributed by atoms with Crippen molar-refractivity contribution in [2.75, 3.05) is 19.4 Å². The fourth-order valence-corrected chi connectivity index (χ4v) is 5.66. The van der Waals surface area contributed by atoms with Crippen molar-refractivity contribution in [1.29, 1.82) is 0 Å². The highest BCUT2D eigenvalue weighted by atomic mass is 32.2. The van der Waals surface area contributed by atoms with Crippen LogP contribution in [0, 0.1) is 5.92 Å². The largest absolute Gasteiger partial charge is 0.497 e. The lowest BCUT2D eigenvalue weighted by atomic mass is 10.0. The molecule has 35 heavy (non-hydrogen) atoms. The van der Waals surface area contributed by atoms with Crippen LogP contribution in [0.1, 0.15) is 24.0 Å². The molecule has 0 radical (unpaired) electrons. The summed E-state index contributed by atoms with van der Waals surface area (Å²) in [5, 5.41) is 3.31. The van der Waals surface area contributed by atoms with Gasteiger partial charge in [-0.15, -0.1) is 11.8 Å². The third-order valence-electron chi connectivity index (χ3n) is 6.53. The molecule has 1 saturated heterocycles. The number of carbonyl (C=O) groups excluding carboxylic acids is 2. The van der Waals surface area contributed by atoms with Crippen molar-refractivity contribution in [2.24, 2.45) is 5.92 Å². The highest BCUT2D eigenvalue weighted by molar-refractivity contribution is 8.00. The number of rotatable bonds is 10. The van der Waals surface area contributed by atoms with Crippen LogP contribution in [0.5, 0.6) is 5.75 Å². The van der Waals surface area contributed by atoms with E-state index in [2.05, 4.69) is 23.5 Å². The van der Waals surface area contributed by atoms with E-state index in [4.69, 9.17) is 9.47 Å². The van der Waals surface area contributed by atoms with E-state index >= 15 is 0 Å². The molecule has 7 heteroatoms. The van der Waals surface area contributed by atoms with E-state index in [0.29, 0.717) is 23.9 Å². The van der Waals surface area contributed by atoms with Gasteiger partial charge in [0.05, 0.1) is 7.11 Å². The first-order chi connectivity index (χ1) is 17.1. The Morgan fingerprint density at radius 1 is 1.11 bits per heavy atom. The second-order valence-corrected chi connectivity index (χ2v) is 10.2. The molecule has 2 heterocycles. The van der Waals surface area contributed by atoms with Crippen LogP contribution >= 0.6 is 11.8 Å².